The number of nitrogens with one attached hydrogen (secondary N) is 2. The van der Waals surface area contributed by atoms with Gasteiger partial charge in [-0.2, -0.15) is 0 Å². The van der Waals surface area contributed by atoms with Crippen LogP contribution in [0.1, 0.15) is 17.0 Å². The first-order valence-electron chi connectivity index (χ1n) is 11.9. The molecule has 0 saturated carbocycles. The lowest BCUT2D eigenvalue weighted by Crippen LogP contribution is -2.50. The second-order valence-electron chi connectivity index (χ2n) is 8.73. The smallest absolute Gasteiger partial charge is 0.234 e. The minimum atomic E-state index is 0.0214. The summed E-state index contributed by atoms with van der Waals surface area (Å²) >= 11 is 0. The molecule has 0 radical (unpaired) electrons. The van der Waals surface area contributed by atoms with Crippen molar-refractivity contribution in [3.8, 4) is 5.75 Å². The number of amides is 1. The minimum Gasteiger partial charge on any atom is -0.497 e. The predicted octanol–water partition coefficient (Wildman–Crippen LogP) is 3.04. The fraction of sp³-hybridized carbons (Fsp3) is 0.296. The van der Waals surface area contributed by atoms with Crippen molar-refractivity contribution < 1.29 is 9.53 Å². The van der Waals surface area contributed by atoms with Gasteiger partial charge in [-0.3, -0.25) is 9.69 Å². The van der Waals surface area contributed by atoms with Crippen LogP contribution in [0.2, 0.25) is 0 Å². The Kier molecular flexibility index (Phi) is 6.90. The van der Waals surface area contributed by atoms with Gasteiger partial charge in [0, 0.05) is 68.1 Å². The fourth-order valence-corrected chi connectivity index (χ4v) is 4.66. The van der Waals surface area contributed by atoms with E-state index in [1.54, 1.807) is 19.5 Å². The van der Waals surface area contributed by atoms with E-state index >= 15 is 0 Å². The maximum Gasteiger partial charge on any atom is 0.234 e. The van der Waals surface area contributed by atoms with E-state index in [1.165, 1.54) is 10.9 Å². The Morgan fingerprint density at radius 1 is 1.03 bits per heavy atom. The van der Waals surface area contributed by atoms with Crippen molar-refractivity contribution >= 4 is 22.8 Å². The molecular weight excluding hydrogens is 440 g/mol. The number of fused-ring (bicyclic) bond motifs is 1. The van der Waals surface area contributed by atoms with Crippen LogP contribution >= 0.6 is 0 Å². The van der Waals surface area contributed by atoms with Crippen molar-refractivity contribution in [2.75, 3.05) is 51.3 Å². The number of ether oxygens (including phenoxy) is 1. The molecule has 35 heavy (non-hydrogen) atoms. The Balaban J connectivity index is 1.24. The Hall–Kier alpha value is -3.91. The standard InChI is InChI=1S/C27H30N6O2/c1-35-21-9-7-20(8-10-21)23(24-18-30-25-6-3-2-5-22(24)25)17-31-26(34)19-32-13-15-33(16-14-32)27-28-11-4-12-29-27/h2-12,18,23,30H,13-17,19H2,1H3,(H,31,34)/t23-/m1/s1. The summed E-state index contributed by atoms with van der Waals surface area (Å²) < 4.78 is 5.34. The predicted molar refractivity (Wildman–Crippen MR) is 137 cm³/mol. The van der Waals surface area contributed by atoms with Crippen molar-refractivity contribution in [1.82, 2.24) is 25.2 Å². The molecule has 3 heterocycles. The van der Waals surface area contributed by atoms with Crippen LogP contribution in [0.4, 0.5) is 5.95 Å². The van der Waals surface area contributed by atoms with Gasteiger partial charge in [0.25, 0.3) is 0 Å². The summed E-state index contributed by atoms with van der Waals surface area (Å²) in [7, 11) is 1.67. The van der Waals surface area contributed by atoms with Gasteiger partial charge < -0.3 is 19.9 Å². The van der Waals surface area contributed by atoms with Crippen LogP contribution in [0.15, 0.2) is 73.2 Å². The van der Waals surface area contributed by atoms with Gasteiger partial charge in [-0.15, -0.1) is 0 Å². The minimum absolute atomic E-state index is 0.0214. The number of hydrogen-bond acceptors (Lipinski definition) is 6. The SMILES string of the molecule is COc1ccc([C@@H](CNC(=O)CN2CCN(c3ncccn3)CC2)c2c[nH]c3ccccc23)cc1. The molecule has 0 spiro atoms. The highest BCUT2D eigenvalue weighted by Crippen LogP contribution is 2.31. The second kappa shape index (κ2) is 10.6. The Bertz CT molecular complexity index is 1250. The van der Waals surface area contributed by atoms with Crippen molar-refractivity contribution in [3.05, 3.63) is 84.3 Å². The number of aromatic nitrogens is 3. The molecule has 2 N–H and O–H groups in total. The topological polar surface area (TPSA) is 86.4 Å². The maximum atomic E-state index is 12.9. The van der Waals surface area contributed by atoms with Gasteiger partial charge >= 0.3 is 0 Å². The number of methoxy groups -OCH3 is 1. The number of nitrogens with zero attached hydrogens (tertiary/aromatic N) is 4. The highest BCUT2D eigenvalue weighted by molar-refractivity contribution is 5.84. The number of aromatic amines is 1. The van der Waals surface area contributed by atoms with E-state index in [4.69, 9.17) is 4.74 Å². The highest BCUT2D eigenvalue weighted by Gasteiger charge is 2.22. The van der Waals surface area contributed by atoms with E-state index in [-0.39, 0.29) is 11.8 Å². The largest absolute Gasteiger partial charge is 0.497 e. The number of anilines is 1. The van der Waals surface area contributed by atoms with E-state index in [0.717, 1.165) is 49.0 Å². The summed E-state index contributed by atoms with van der Waals surface area (Å²) in [6.07, 6.45) is 5.57. The number of H-pyrrole nitrogens is 1. The molecule has 1 aliphatic rings. The lowest BCUT2D eigenvalue weighted by molar-refractivity contribution is -0.122. The van der Waals surface area contributed by atoms with E-state index in [9.17, 15) is 4.79 Å². The van der Waals surface area contributed by atoms with Crippen LogP contribution in [0.25, 0.3) is 10.9 Å². The maximum absolute atomic E-state index is 12.9. The lowest BCUT2D eigenvalue weighted by Gasteiger charge is -2.34. The van der Waals surface area contributed by atoms with E-state index in [2.05, 4.69) is 60.5 Å². The number of rotatable bonds is 8. The van der Waals surface area contributed by atoms with Crippen molar-refractivity contribution in [2.45, 2.75) is 5.92 Å². The first kappa shape index (κ1) is 22.9. The molecule has 0 bridgehead atoms. The van der Waals surface area contributed by atoms with Gasteiger partial charge in [-0.1, -0.05) is 30.3 Å². The van der Waals surface area contributed by atoms with Crippen molar-refractivity contribution in [3.63, 3.8) is 0 Å². The van der Waals surface area contributed by atoms with E-state index < -0.39 is 0 Å². The molecule has 0 aliphatic carbocycles. The summed E-state index contributed by atoms with van der Waals surface area (Å²) in [6.45, 7) is 4.12. The lowest BCUT2D eigenvalue weighted by atomic mass is 9.90. The molecule has 1 atom stereocenters. The van der Waals surface area contributed by atoms with E-state index in [1.807, 2.05) is 30.3 Å². The number of piperazine rings is 1. The molecule has 8 nitrogen and oxygen atoms in total. The van der Waals surface area contributed by atoms with Crippen molar-refractivity contribution in [2.24, 2.45) is 0 Å². The van der Waals surface area contributed by atoms with Crippen molar-refractivity contribution in [1.29, 1.82) is 0 Å². The molecule has 1 fully saturated rings. The van der Waals surface area contributed by atoms with E-state index in [0.29, 0.717) is 13.1 Å². The highest BCUT2D eigenvalue weighted by atomic mass is 16.5. The van der Waals surface area contributed by atoms with Crippen LogP contribution in [-0.2, 0) is 4.79 Å². The Morgan fingerprint density at radius 3 is 2.51 bits per heavy atom. The first-order chi connectivity index (χ1) is 17.2. The zero-order valence-corrected chi connectivity index (χ0v) is 19.9. The molecule has 180 valence electrons. The summed E-state index contributed by atoms with van der Waals surface area (Å²) in [4.78, 5) is 29.3. The molecule has 2 aromatic heterocycles. The van der Waals surface area contributed by atoms with Crippen LogP contribution in [0, 0.1) is 0 Å². The summed E-state index contributed by atoms with van der Waals surface area (Å²) in [5.41, 5.74) is 3.39. The number of para-hydroxylation sites is 1. The van der Waals surface area contributed by atoms with Gasteiger partial charge in [-0.25, -0.2) is 9.97 Å². The molecule has 0 unspecified atom stereocenters. The molecule has 8 heteroatoms. The zero-order chi connectivity index (χ0) is 24.0. The monoisotopic (exact) mass is 470 g/mol. The van der Waals surface area contributed by atoms with Gasteiger partial charge in [0.05, 0.1) is 13.7 Å². The second-order valence-corrected chi connectivity index (χ2v) is 8.73. The van der Waals surface area contributed by atoms with Crippen LogP contribution in [0.3, 0.4) is 0 Å². The molecule has 4 aromatic rings. The fourth-order valence-electron chi connectivity index (χ4n) is 4.66. The number of carbonyl (C=O) groups excluding carboxylic acids is 1. The van der Waals surface area contributed by atoms with Gasteiger partial charge in [0.15, 0.2) is 0 Å². The number of carbonyl (C=O) groups is 1. The van der Waals surface area contributed by atoms with Crippen LogP contribution in [0.5, 0.6) is 5.75 Å². The van der Waals surface area contributed by atoms with Gasteiger partial charge in [-0.05, 0) is 35.4 Å². The third kappa shape index (κ3) is 5.27. The quantitative estimate of drug-likeness (QED) is 0.412. The molecule has 1 aliphatic heterocycles. The summed E-state index contributed by atoms with van der Waals surface area (Å²) in [5, 5.41) is 4.36. The summed E-state index contributed by atoms with van der Waals surface area (Å²) in [5.74, 6) is 1.62. The van der Waals surface area contributed by atoms with Gasteiger partial charge in [0.1, 0.15) is 5.75 Å². The molecule has 2 aromatic carbocycles. The normalized spacial score (nSPS) is 15.2. The Labute approximate surface area is 204 Å². The third-order valence-electron chi connectivity index (χ3n) is 6.59. The Morgan fingerprint density at radius 2 is 1.77 bits per heavy atom. The molecular formula is C27H30N6O2. The average Bonchev–Trinajstić information content (AvgIpc) is 3.34. The average molecular weight is 471 g/mol. The van der Waals surface area contributed by atoms with Crippen LogP contribution in [-0.4, -0.2) is 72.1 Å². The molecule has 1 saturated heterocycles. The number of hydrogen-bond donors (Lipinski definition) is 2. The van der Waals surface area contributed by atoms with Crippen LogP contribution < -0.4 is 15.0 Å². The molecule has 5 rings (SSSR count). The zero-order valence-electron chi connectivity index (χ0n) is 19.9. The van der Waals surface area contributed by atoms with Gasteiger partial charge in [0.2, 0.25) is 11.9 Å². The first-order valence-corrected chi connectivity index (χ1v) is 11.9. The summed E-state index contributed by atoms with van der Waals surface area (Å²) in [6, 6.07) is 18.2. The third-order valence-corrected chi connectivity index (χ3v) is 6.59. The molecule has 1 amide bonds. The number of benzene rings is 2.